The minimum atomic E-state index is -0.896. The Morgan fingerprint density at radius 2 is 1.58 bits per heavy atom. The molecule has 0 aromatic heterocycles. The lowest BCUT2D eigenvalue weighted by Crippen LogP contribution is -2.54. The Hall–Kier alpha value is -2.15. The molecule has 0 saturated heterocycles. The van der Waals surface area contributed by atoms with Crippen molar-refractivity contribution in [2.75, 3.05) is 26.2 Å². The topological polar surface area (TPSA) is 122 Å². The molecule has 2 saturated carbocycles. The van der Waals surface area contributed by atoms with Gasteiger partial charge in [0.2, 0.25) is 17.7 Å². The second-order valence-corrected chi connectivity index (χ2v) is 13.3. The van der Waals surface area contributed by atoms with Crippen LogP contribution in [0.4, 0.5) is 0 Å². The molecule has 0 radical (unpaired) electrons. The Morgan fingerprint density at radius 3 is 2.14 bits per heavy atom. The SMILES string of the molecule is CC#CC1CC(C(=O)NC(CC2CCC(O)CC2)C(O)CN(CC)NC(=O)CC(C)C)CC(C(=O)N(CCC)CCC)C1. The van der Waals surface area contributed by atoms with Crippen molar-refractivity contribution < 1.29 is 24.6 Å². The Kier molecular flexibility index (Phi) is 16.6. The summed E-state index contributed by atoms with van der Waals surface area (Å²) < 4.78 is 0. The van der Waals surface area contributed by atoms with Gasteiger partial charge in [0.15, 0.2) is 0 Å². The molecule has 5 unspecified atom stereocenters. The van der Waals surface area contributed by atoms with Crippen molar-refractivity contribution in [1.82, 2.24) is 20.7 Å². The van der Waals surface area contributed by atoms with Gasteiger partial charge >= 0.3 is 0 Å². The lowest BCUT2D eigenvalue weighted by atomic mass is 9.74. The van der Waals surface area contributed by atoms with Crippen LogP contribution in [0.3, 0.4) is 0 Å². The molecule has 0 bridgehead atoms. The molecular weight excluding hydrogens is 544 g/mol. The largest absolute Gasteiger partial charge is 0.393 e. The highest BCUT2D eigenvalue weighted by Gasteiger charge is 2.39. The van der Waals surface area contributed by atoms with Crippen LogP contribution in [0.1, 0.15) is 112 Å². The maximum atomic E-state index is 13.9. The first-order valence-electron chi connectivity index (χ1n) is 16.9. The lowest BCUT2D eigenvalue weighted by Gasteiger charge is -2.37. The summed E-state index contributed by atoms with van der Waals surface area (Å²) >= 11 is 0. The predicted octanol–water partition coefficient (Wildman–Crippen LogP) is 3.88. The van der Waals surface area contributed by atoms with Crippen LogP contribution < -0.4 is 10.7 Å². The van der Waals surface area contributed by atoms with Gasteiger partial charge in [0, 0.05) is 50.4 Å². The van der Waals surface area contributed by atoms with Crippen LogP contribution in [0.5, 0.6) is 0 Å². The third-order valence-electron chi connectivity index (χ3n) is 8.94. The van der Waals surface area contributed by atoms with E-state index in [1.165, 1.54) is 0 Å². The van der Waals surface area contributed by atoms with Crippen molar-refractivity contribution in [3.8, 4) is 11.8 Å². The highest BCUT2D eigenvalue weighted by Crippen LogP contribution is 2.35. The first kappa shape index (κ1) is 37.0. The Balaban J connectivity index is 2.20. The quantitative estimate of drug-likeness (QED) is 0.157. The van der Waals surface area contributed by atoms with E-state index >= 15 is 0 Å². The second-order valence-electron chi connectivity index (χ2n) is 13.3. The van der Waals surface area contributed by atoms with E-state index in [2.05, 4.69) is 36.4 Å². The molecule has 0 spiro atoms. The van der Waals surface area contributed by atoms with Crippen molar-refractivity contribution in [3.05, 3.63) is 0 Å². The Labute approximate surface area is 260 Å². The number of hydrazine groups is 1. The minimum Gasteiger partial charge on any atom is -0.393 e. The van der Waals surface area contributed by atoms with Crippen LogP contribution in [0.15, 0.2) is 0 Å². The van der Waals surface area contributed by atoms with Crippen LogP contribution in [-0.4, -0.2) is 82.3 Å². The normalized spacial score (nSPS) is 25.4. The van der Waals surface area contributed by atoms with Crippen molar-refractivity contribution in [1.29, 1.82) is 0 Å². The number of nitrogens with zero attached hydrogens (tertiary/aromatic N) is 2. The van der Waals surface area contributed by atoms with Gasteiger partial charge in [-0.25, -0.2) is 5.01 Å². The summed E-state index contributed by atoms with van der Waals surface area (Å²) in [5.41, 5.74) is 2.91. The van der Waals surface area contributed by atoms with Gasteiger partial charge < -0.3 is 20.4 Å². The van der Waals surface area contributed by atoms with E-state index in [4.69, 9.17) is 0 Å². The number of rotatable bonds is 16. The molecule has 0 aromatic carbocycles. The summed E-state index contributed by atoms with van der Waals surface area (Å²) in [4.78, 5) is 41.8. The minimum absolute atomic E-state index is 0.0245. The average Bonchev–Trinajstić information content (AvgIpc) is 2.96. The van der Waals surface area contributed by atoms with Gasteiger partial charge in [-0.1, -0.05) is 34.6 Å². The Bertz CT molecular complexity index is 917. The first-order chi connectivity index (χ1) is 20.5. The zero-order valence-electron chi connectivity index (χ0n) is 27.7. The fourth-order valence-electron chi connectivity index (χ4n) is 6.74. The van der Waals surface area contributed by atoms with Gasteiger partial charge in [0.05, 0.1) is 18.2 Å². The van der Waals surface area contributed by atoms with E-state index in [0.717, 1.165) is 51.6 Å². The molecule has 2 aliphatic carbocycles. The molecule has 246 valence electrons. The monoisotopic (exact) mass is 604 g/mol. The van der Waals surface area contributed by atoms with E-state index < -0.39 is 12.1 Å². The third-order valence-corrected chi connectivity index (χ3v) is 8.94. The number of aliphatic hydroxyl groups is 2. The summed E-state index contributed by atoms with van der Waals surface area (Å²) in [6.07, 6.45) is 6.52. The standard InChI is InChI=1S/C34H60N4O5/c1-7-11-26-19-27(22-28(20-26)34(43)37(16-8-2)17-9-3)33(42)35-30(21-25-12-14-29(39)15-13-25)31(40)23-38(10-4)36-32(41)18-24(5)6/h24-31,39-40H,8-10,12-23H2,1-6H3,(H,35,42)(H,36,41). The molecule has 43 heavy (non-hydrogen) atoms. The fourth-order valence-corrected chi connectivity index (χ4v) is 6.74. The van der Waals surface area contributed by atoms with Crippen LogP contribution >= 0.6 is 0 Å². The Morgan fingerprint density at radius 1 is 0.953 bits per heavy atom. The van der Waals surface area contributed by atoms with Crippen molar-refractivity contribution in [3.63, 3.8) is 0 Å². The van der Waals surface area contributed by atoms with E-state index in [1.54, 1.807) is 11.9 Å². The number of nitrogens with one attached hydrogen (secondary N) is 2. The van der Waals surface area contributed by atoms with E-state index in [9.17, 15) is 24.6 Å². The third kappa shape index (κ3) is 12.8. The van der Waals surface area contributed by atoms with Gasteiger partial charge in [-0.05, 0) is 83.0 Å². The molecular formula is C34H60N4O5. The number of carbonyl (C=O) groups is 3. The van der Waals surface area contributed by atoms with E-state index in [-0.39, 0.29) is 60.0 Å². The van der Waals surface area contributed by atoms with Gasteiger partial charge in [0.1, 0.15) is 0 Å². The number of hydrogen-bond acceptors (Lipinski definition) is 6. The highest BCUT2D eigenvalue weighted by molar-refractivity contribution is 5.83. The molecule has 9 heteroatoms. The van der Waals surface area contributed by atoms with Crippen molar-refractivity contribution in [2.24, 2.45) is 29.6 Å². The summed E-state index contributed by atoms with van der Waals surface area (Å²) in [5, 5.41) is 26.4. The second kappa shape index (κ2) is 19.3. The van der Waals surface area contributed by atoms with Crippen molar-refractivity contribution >= 4 is 17.7 Å². The summed E-state index contributed by atoms with van der Waals surface area (Å²) in [7, 11) is 0. The van der Waals surface area contributed by atoms with E-state index in [1.807, 2.05) is 25.7 Å². The number of carbonyl (C=O) groups excluding carboxylic acids is 3. The zero-order valence-corrected chi connectivity index (χ0v) is 27.7. The smallest absolute Gasteiger partial charge is 0.234 e. The maximum Gasteiger partial charge on any atom is 0.234 e. The van der Waals surface area contributed by atoms with Crippen LogP contribution in [0.2, 0.25) is 0 Å². The molecule has 3 amide bonds. The number of aliphatic hydroxyl groups excluding tert-OH is 2. The van der Waals surface area contributed by atoms with Gasteiger partial charge in [-0.3, -0.25) is 19.8 Å². The maximum absolute atomic E-state index is 13.9. The average molecular weight is 605 g/mol. The summed E-state index contributed by atoms with van der Waals surface area (Å²) in [6.45, 7) is 14.0. The van der Waals surface area contributed by atoms with Gasteiger partial charge in [-0.15, -0.1) is 11.8 Å². The van der Waals surface area contributed by atoms with Crippen molar-refractivity contribution in [2.45, 2.75) is 130 Å². The fraction of sp³-hybridized carbons (Fsp3) is 0.853. The molecule has 0 aliphatic heterocycles. The molecule has 5 atom stereocenters. The van der Waals surface area contributed by atoms with Gasteiger partial charge in [-0.2, -0.15) is 0 Å². The highest BCUT2D eigenvalue weighted by atomic mass is 16.3. The molecule has 2 fully saturated rings. The number of likely N-dealkylation sites (N-methyl/N-ethyl adjacent to an activating group) is 1. The van der Waals surface area contributed by atoms with Crippen LogP contribution in [0.25, 0.3) is 0 Å². The molecule has 9 nitrogen and oxygen atoms in total. The molecule has 2 rings (SSSR count). The molecule has 4 N–H and O–H groups in total. The molecule has 2 aliphatic rings. The predicted molar refractivity (Wildman–Crippen MR) is 170 cm³/mol. The summed E-state index contributed by atoms with van der Waals surface area (Å²) in [5.74, 6) is 6.01. The lowest BCUT2D eigenvalue weighted by molar-refractivity contribution is -0.139. The number of amides is 3. The summed E-state index contributed by atoms with van der Waals surface area (Å²) in [6, 6.07) is -0.507. The first-order valence-corrected chi connectivity index (χ1v) is 16.9. The van der Waals surface area contributed by atoms with Crippen LogP contribution in [-0.2, 0) is 14.4 Å². The van der Waals surface area contributed by atoms with E-state index in [0.29, 0.717) is 38.6 Å². The van der Waals surface area contributed by atoms with Crippen LogP contribution in [0, 0.1) is 41.4 Å². The van der Waals surface area contributed by atoms with Gasteiger partial charge in [0.25, 0.3) is 0 Å². The molecule has 0 heterocycles. The number of hydrogen-bond donors (Lipinski definition) is 4. The molecule has 0 aromatic rings. The zero-order chi connectivity index (χ0) is 31.9.